The van der Waals surface area contributed by atoms with Crippen molar-refractivity contribution in [1.29, 1.82) is 0 Å². The summed E-state index contributed by atoms with van der Waals surface area (Å²) in [5.41, 5.74) is 8.47. The van der Waals surface area contributed by atoms with Gasteiger partial charge >= 0.3 is 0 Å². The van der Waals surface area contributed by atoms with Crippen LogP contribution in [0.2, 0.25) is 0 Å². The summed E-state index contributed by atoms with van der Waals surface area (Å²) in [4.78, 5) is 16.1. The number of amides is 1. The van der Waals surface area contributed by atoms with Crippen molar-refractivity contribution in [2.45, 2.75) is 6.92 Å². The van der Waals surface area contributed by atoms with Crippen LogP contribution in [0.15, 0.2) is 58.0 Å². The minimum absolute atomic E-state index is 0. The van der Waals surface area contributed by atoms with Gasteiger partial charge in [-0.1, -0.05) is 28.1 Å². The number of nitrogens with two attached hydrogens (primary N) is 1. The van der Waals surface area contributed by atoms with Crippen LogP contribution in [0.25, 0.3) is 0 Å². The number of aliphatic imine (C=N–C) groups is 1. The Morgan fingerprint density at radius 1 is 1.21 bits per heavy atom. The molecule has 2 aromatic rings. The molecule has 128 valence electrons. The van der Waals surface area contributed by atoms with Gasteiger partial charge in [-0.15, -0.1) is 24.0 Å². The number of carbonyl (C=O) groups excluding carboxylic acids is 1. The molecule has 0 fully saturated rings. The Morgan fingerprint density at radius 3 is 2.58 bits per heavy atom. The molecule has 0 aliphatic heterocycles. The number of benzene rings is 2. The molecule has 0 saturated heterocycles. The van der Waals surface area contributed by atoms with Crippen LogP contribution in [0.3, 0.4) is 0 Å². The van der Waals surface area contributed by atoms with Crippen molar-refractivity contribution in [1.82, 2.24) is 5.32 Å². The largest absolute Gasteiger partial charge is 0.370 e. The van der Waals surface area contributed by atoms with E-state index in [1.54, 1.807) is 12.1 Å². The normalized spacial score (nSPS) is 10.7. The van der Waals surface area contributed by atoms with E-state index in [9.17, 15) is 4.79 Å². The fourth-order valence-electron chi connectivity index (χ4n) is 1.96. The predicted octanol–water partition coefficient (Wildman–Crippen LogP) is 3.53. The van der Waals surface area contributed by atoms with E-state index >= 15 is 0 Å². The average molecular weight is 503 g/mol. The Labute approximate surface area is 167 Å². The fraction of sp³-hybridized carbons (Fsp3) is 0.176. The lowest BCUT2D eigenvalue weighted by Crippen LogP contribution is -2.28. The van der Waals surface area contributed by atoms with Gasteiger partial charge in [0, 0.05) is 22.3 Å². The van der Waals surface area contributed by atoms with Crippen LogP contribution in [-0.4, -0.2) is 25.0 Å². The highest BCUT2D eigenvalue weighted by atomic mass is 127. The van der Waals surface area contributed by atoms with Gasteiger partial charge in [0.2, 0.25) is 0 Å². The maximum atomic E-state index is 11.9. The smallest absolute Gasteiger partial charge is 0.251 e. The second kappa shape index (κ2) is 10.3. The number of nitrogens with one attached hydrogen (secondary N) is 2. The molecule has 1 amide bonds. The number of anilines is 1. The van der Waals surface area contributed by atoms with Crippen LogP contribution >= 0.6 is 39.9 Å². The zero-order chi connectivity index (χ0) is 16.7. The maximum Gasteiger partial charge on any atom is 0.251 e. The predicted molar refractivity (Wildman–Crippen MR) is 113 cm³/mol. The lowest BCUT2D eigenvalue weighted by Gasteiger charge is -2.07. The van der Waals surface area contributed by atoms with Crippen molar-refractivity contribution >= 4 is 57.5 Å². The number of carbonyl (C=O) groups is 1. The molecule has 0 aliphatic carbocycles. The van der Waals surface area contributed by atoms with Crippen molar-refractivity contribution in [3.8, 4) is 0 Å². The van der Waals surface area contributed by atoms with Gasteiger partial charge < -0.3 is 16.4 Å². The van der Waals surface area contributed by atoms with Crippen LogP contribution in [0, 0.1) is 6.92 Å². The standard InChI is InChI=1S/C17H19BrN4O.HI/c1-12-3-2-4-15(11-12)22-17(19)21-10-9-20-16(23)13-5-7-14(18)8-6-13;/h2-8,11H,9-10H2,1H3,(H,20,23)(H3,19,21,22);1H. The number of rotatable bonds is 5. The Kier molecular flexibility index (Phi) is 8.77. The Bertz CT molecular complexity index is 704. The Hall–Kier alpha value is -1.61. The van der Waals surface area contributed by atoms with E-state index in [1.165, 1.54) is 0 Å². The van der Waals surface area contributed by atoms with E-state index in [0.717, 1.165) is 15.7 Å². The van der Waals surface area contributed by atoms with Gasteiger partial charge in [-0.05, 0) is 48.9 Å². The SMILES string of the molecule is Cc1cccc(NC(N)=NCCNC(=O)c2ccc(Br)cc2)c1.I. The van der Waals surface area contributed by atoms with Crippen molar-refractivity contribution in [3.63, 3.8) is 0 Å². The Morgan fingerprint density at radius 2 is 1.92 bits per heavy atom. The zero-order valence-electron chi connectivity index (χ0n) is 13.3. The van der Waals surface area contributed by atoms with E-state index in [4.69, 9.17) is 5.73 Å². The van der Waals surface area contributed by atoms with E-state index in [-0.39, 0.29) is 29.9 Å². The highest BCUT2D eigenvalue weighted by molar-refractivity contribution is 14.0. The van der Waals surface area contributed by atoms with E-state index < -0.39 is 0 Å². The summed E-state index contributed by atoms with van der Waals surface area (Å²) in [6.07, 6.45) is 0. The zero-order valence-corrected chi connectivity index (χ0v) is 17.2. The molecule has 2 aromatic carbocycles. The van der Waals surface area contributed by atoms with Gasteiger partial charge in [0.05, 0.1) is 6.54 Å². The van der Waals surface area contributed by atoms with Gasteiger partial charge in [-0.3, -0.25) is 9.79 Å². The van der Waals surface area contributed by atoms with Gasteiger partial charge in [0.25, 0.3) is 5.91 Å². The maximum absolute atomic E-state index is 11.9. The van der Waals surface area contributed by atoms with Gasteiger partial charge in [-0.25, -0.2) is 0 Å². The molecule has 4 N–H and O–H groups in total. The topological polar surface area (TPSA) is 79.5 Å². The van der Waals surface area contributed by atoms with Gasteiger partial charge in [0.15, 0.2) is 5.96 Å². The summed E-state index contributed by atoms with van der Waals surface area (Å²) in [6.45, 7) is 2.84. The van der Waals surface area contributed by atoms with E-state index in [0.29, 0.717) is 24.6 Å². The number of hydrogen-bond acceptors (Lipinski definition) is 2. The van der Waals surface area contributed by atoms with Crippen molar-refractivity contribution in [2.75, 3.05) is 18.4 Å². The number of guanidine groups is 1. The first-order valence-electron chi connectivity index (χ1n) is 7.22. The summed E-state index contributed by atoms with van der Waals surface area (Å²) in [6, 6.07) is 15.0. The van der Waals surface area contributed by atoms with Crippen molar-refractivity contribution in [3.05, 3.63) is 64.1 Å². The van der Waals surface area contributed by atoms with Crippen LogP contribution in [0.5, 0.6) is 0 Å². The molecule has 0 bridgehead atoms. The molecule has 0 atom stereocenters. The highest BCUT2D eigenvalue weighted by Gasteiger charge is 2.03. The molecule has 2 rings (SSSR count). The third kappa shape index (κ3) is 6.88. The molecule has 0 heterocycles. The second-order valence-electron chi connectivity index (χ2n) is 5.02. The third-order valence-electron chi connectivity index (χ3n) is 3.08. The molecular weight excluding hydrogens is 483 g/mol. The minimum Gasteiger partial charge on any atom is -0.370 e. The molecule has 0 aromatic heterocycles. The lowest BCUT2D eigenvalue weighted by atomic mass is 10.2. The molecule has 5 nitrogen and oxygen atoms in total. The molecule has 24 heavy (non-hydrogen) atoms. The van der Waals surface area contributed by atoms with Crippen molar-refractivity contribution < 1.29 is 4.79 Å². The summed E-state index contributed by atoms with van der Waals surface area (Å²) in [7, 11) is 0. The fourth-order valence-corrected chi connectivity index (χ4v) is 2.22. The first-order valence-corrected chi connectivity index (χ1v) is 8.01. The highest BCUT2D eigenvalue weighted by Crippen LogP contribution is 2.10. The van der Waals surface area contributed by atoms with E-state index in [2.05, 4.69) is 31.6 Å². The lowest BCUT2D eigenvalue weighted by molar-refractivity contribution is 0.0955. The molecule has 0 radical (unpaired) electrons. The van der Waals surface area contributed by atoms with Crippen molar-refractivity contribution in [2.24, 2.45) is 10.7 Å². The molecule has 0 aliphatic rings. The van der Waals surface area contributed by atoms with Gasteiger partial charge in [0.1, 0.15) is 0 Å². The van der Waals surface area contributed by atoms with Crippen LogP contribution < -0.4 is 16.4 Å². The van der Waals surface area contributed by atoms with E-state index in [1.807, 2.05) is 43.3 Å². The molecule has 0 saturated carbocycles. The van der Waals surface area contributed by atoms with Gasteiger partial charge in [-0.2, -0.15) is 0 Å². The Balaban J connectivity index is 0.00000288. The molecular formula is C17H20BrIN4O. The number of aryl methyl sites for hydroxylation is 1. The first kappa shape index (κ1) is 20.4. The minimum atomic E-state index is -0.127. The third-order valence-corrected chi connectivity index (χ3v) is 3.61. The quantitative estimate of drug-likeness (QED) is 0.253. The summed E-state index contributed by atoms with van der Waals surface area (Å²) in [5.74, 6) is 0.200. The molecule has 7 heteroatoms. The first-order chi connectivity index (χ1) is 11.0. The summed E-state index contributed by atoms with van der Waals surface area (Å²) < 4.78 is 0.939. The summed E-state index contributed by atoms with van der Waals surface area (Å²) >= 11 is 3.34. The summed E-state index contributed by atoms with van der Waals surface area (Å²) in [5, 5.41) is 5.82. The van der Waals surface area contributed by atoms with Crippen LogP contribution in [0.1, 0.15) is 15.9 Å². The molecule has 0 spiro atoms. The van der Waals surface area contributed by atoms with Crippen LogP contribution in [0.4, 0.5) is 5.69 Å². The number of halogens is 2. The number of hydrogen-bond donors (Lipinski definition) is 3. The molecule has 0 unspecified atom stereocenters. The number of nitrogens with zero attached hydrogens (tertiary/aromatic N) is 1. The second-order valence-corrected chi connectivity index (χ2v) is 5.94. The monoisotopic (exact) mass is 502 g/mol. The van der Waals surface area contributed by atoms with Crippen LogP contribution in [-0.2, 0) is 0 Å². The average Bonchev–Trinajstić information content (AvgIpc) is 2.52.